The summed E-state index contributed by atoms with van der Waals surface area (Å²) in [5.41, 5.74) is 3.54. The van der Waals surface area contributed by atoms with E-state index < -0.39 is 0 Å². The lowest BCUT2D eigenvalue weighted by molar-refractivity contribution is -0.00386. The van der Waals surface area contributed by atoms with E-state index in [-0.39, 0.29) is 5.60 Å². The van der Waals surface area contributed by atoms with Crippen LogP contribution in [0.4, 0.5) is 0 Å². The van der Waals surface area contributed by atoms with Crippen molar-refractivity contribution in [2.75, 3.05) is 0 Å². The number of halogens is 1. The molecule has 4 heteroatoms. The van der Waals surface area contributed by atoms with E-state index in [1.807, 2.05) is 12.5 Å². The second kappa shape index (κ2) is 3.21. The molecule has 1 unspecified atom stereocenters. The average Bonchev–Trinajstić information content (AvgIpc) is 2.98. The van der Waals surface area contributed by atoms with Gasteiger partial charge in [0.05, 0.1) is 24.8 Å². The van der Waals surface area contributed by atoms with Gasteiger partial charge >= 0.3 is 0 Å². The summed E-state index contributed by atoms with van der Waals surface area (Å²) in [5, 5.41) is 0. The Morgan fingerprint density at radius 1 is 1.41 bits per heavy atom. The van der Waals surface area contributed by atoms with Gasteiger partial charge in [-0.3, -0.25) is 0 Å². The van der Waals surface area contributed by atoms with Crippen LogP contribution >= 0.6 is 15.9 Å². The molecule has 0 radical (unpaired) electrons. The first kappa shape index (κ1) is 9.85. The minimum atomic E-state index is -0.244. The van der Waals surface area contributed by atoms with E-state index in [0.29, 0.717) is 6.61 Å². The van der Waals surface area contributed by atoms with Gasteiger partial charge in [-0.15, -0.1) is 0 Å². The quantitative estimate of drug-likeness (QED) is 0.746. The minimum absolute atomic E-state index is 0.244. The van der Waals surface area contributed by atoms with Crippen molar-refractivity contribution in [1.29, 1.82) is 0 Å². The fraction of sp³-hybridized carbons (Fsp3) is 0.308. The largest absolute Gasteiger partial charge is 0.359 e. The molecule has 1 aromatic carbocycles. The van der Waals surface area contributed by atoms with Crippen LogP contribution in [0.1, 0.15) is 23.2 Å². The standard InChI is InChI=1S/C13H11BrN2O/c14-10-1-2-11-9(5-10)7-17-13(11)3-4-16-8-15-6-12(13)16/h1-2,5-6,8H,3-4,7H2. The maximum absolute atomic E-state index is 6.13. The van der Waals surface area contributed by atoms with Crippen molar-refractivity contribution in [2.45, 2.75) is 25.2 Å². The van der Waals surface area contributed by atoms with Gasteiger partial charge in [0.2, 0.25) is 0 Å². The number of hydrogen-bond donors (Lipinski definition) is 0. The number of imidazole rings is 1. The van der Waals surface area contributed by atoms with Crippen LogP contribution < -0.4 is 0 Å². The normalized spacial score (nSPS) is 25.2. The highest BCUT2D eigenvalue weighted by Crippen LogP contribution is 2.48. The summed E-state index contributed by atoms with van der Waals surface area (Å²) in [6.07, 6.45) is 4.84. The van der Waals surface area contributed by atoms with Crippen molar-refractivity contribution in [3.8, 4) is 0 Å². The van der Waals surface area contributed by atoms with E-state index in [1.165, 1.54) is 16.8 Å². The Morgan fingerprint density at radius 2 is 2.35 bits per heavy atom. The van der Waals surface area contributed by atoms with E-state index in [4.69, 9.17) is 4.74 Å². The number of nitrogens with zero attached hydrogens (tertiary/aromatic N) is 2. The topological polar surface area (TPSA) is 27.1 Å². The minimum Gasteiger partial charge on any atom is -0.359 e. The molecule has 0 amide bonds. The summed E-state index contributed by atoms with van der Waals surface area (Å²) >= 11 is 3.51. The third-order valence-corrected chi connectivity index (χ3v) is 4.30. The fourth-order valence-corrected chi connectivity index (χ4v) is 3.42. The Morgan fingerprint density at radius 3 is 3.29 bits per heavy atom. The van der Waals surface area contributed by atoms with Gasteiger partial charge in [-0.1, -0.05) is 22.0 Å². The lowest BCUT2D eigenvalue weighted by Gasteiger charge is -2.23. The van der Waals surface area contributed by atoms with Gasteiger partial charge in [0, 0.05) is 17.4 Å². The molecule has 3 nitrogen and oxygen atoms in total. The summed E-state index contributed by atoms with van der Waals surface area (Å²) in [7, 11) is 0. The Balaban J connectivity index is 1.95. The van der Waals surface area contributed by atoms with Gasteiger partial charge < -0.3 is 9.30 Å². The summed E-state index contributed by atoms with van der Waals surface area (Å²) in [5.74, 6) is 0. The Hall–Kier alpha value is -1.13. The number of aryl methyl sites for hydroxylation is 1. The number of ether oxygens (including phenoxy) is 1. The molecule has 1 atom stereocenters. The van der Waals surface area contributed by atoms with Crippen LogP contribution in [0.2, 0.25) is 0 Å². The predicted molar refractivity (Wildman–Crippen MR) is 66.6 cm³/mol. The van der Waals surface area contributed by atoms with Crippen LogP contribution in [0.15, 0.2) is 35.2 Å². The van der Waals surface area contributed by atoms with Crippen LogP contribution in [0, 0.1) is 0 Å². The van der Waals surface area contributed by atoms with Gasteiger partial charge in [-0.2, -0.15) is 0 Å². The monoisotopic (exact) mass is 290 g/mol. The van der Waals surface area contributed by atoms with Gasteiger partial charge in [-0.05, 0) is 23.3 Å². The zero-order valence-corrected chi connectivity index (χ0v) is 10.8. The highest BCUT2D eigenvalue weighted by Gasteiger charge is 2.47. The third-order valence-electron chi connectivity index (χ3n) is 3.81. The first-order valence-electron chi connectivity index (χ1n) is 5.73. The molecule has 0 bridgehead atoms. The van der Waals surface area contributed by atoms with Gasteiger partial charge in [0.15, 0.2) is 0 Å². The molecule has 1 aromatic heterocycles. The highest BCUT2D eigenvalue weighted by molar-refractivity contribution is 9.10. The smallest absolute Gasteiger partial charge is 0.137 e. The van der Waals surface area contributed by atoms with Crippen LogP contribution in [-0.4, -0.2) is 9.55 Å². The maximum Gasteiger partial charge on any atom is 0.137 e. The number of fused-ring (bicyclic) bond motifs is 4. The molecule has 0 fully saturated rings. The molecule has 86 valence electrons. The van der Waals surface area contributed by atoms with Gasteiger partial charge in [0.1, 0.15) is 5.60 Å². The van der Waals surface area contributed by atoms with E-state index in [0.717, 1.165) is 17.4 Å². The molecule has 4 rings (SSSR count). The Kier molecular flexibility index (Phi) is 1.86. The van der Waals surface area contributed by atoms with Crippen LogP contribution in [0.3, 0.4) is 0 Å². The molecule has 0 saturated heterocycles. The van der Waals surface area contributed by atoms with Crippen LogP contribution in [-0.2, 0) is 23.5 Å². The SMILES string of the molecule is Brc1ccc2c(c1)COC21CCn2cncc21. The second-order valence-corrected chi connectivity index (χ2v) is 5.56. The zero-order valence-electron chi connectivity index (χ0n) is 9.19. The van der Waals surface area contributed by atoms with E-state index in [1.54, 1.807) is 0 Å². The van der Waals surface area contributed by atoms with Crippen molar-refractivity contribution >= 4 is 15.9 Å². The summed E-state index contributed by atoms with van der Waals surface area (Å²) < 4.78 is 9.44. The Labute approximate surface area is 108 Å². The molecule has 17 heavy (non-hydrogen) atoms. The predicted octanol–water partition coefficient (Wildman–Crippen LogP) is 2.82. The molecular weight excluding hydrogens is 280 g/mol. The second-order valence-electron chi connectivity index (χ2n) is 4.64. The number of rotatable bonds is 0. The number of aromatic nitrogens is 2. The molecule has 0 N–H and O–H groups in total. The van der Waals surface area contributed by atoms with E-state index in [2.05, 4.69) is 43.7 Å². The first-order chi connectivity index (χ1) is 8.29. The van der Waals surface area contributed by atoms with E-state index in [9.17, 15) is 0 Å². The Bertz CT molecular complexity index is 607. The van der Waals surface area contributed by atoms with Crippen LogP contribution in [0.25, 0.3) is 0 Å². The molecule has 2 aromatic rings. The van der Waals surface area contributed by atoms with Crippen molar-refractivity contribution < 1.29 is 4.74 Å². The molecular formula is C13H11BrN2O. The third kappa shape index (κ3) is 1.17. The first-order valence-corrected chi connectivity index (χ1v) is 6.52. The fourth-order valence-electron chi connectivity index (χ4n) is 3.01. The average molecular weight is 291 g/mol. The van der Waals surface area contributed by atoms with Gasteiger partial charge in [-0.25, -0.2) is 4.98 Å². The van der Waals surface area contributed by atoms with E-state index >= 15 is 0 Å². The molecule has 2 aliphatic rings. The zero-order chi connectivity index (χ0) is 11.5. The lowest BCUT2D eigenvalue weighted by atomic mass is 9.89. The van der Waals surface area contributed by atoms with Gasteiger partial charge in [0.25, 0.3) is 0 Å². The van der Waals surface area contributed by atoms with Crippen molar-refractivity contribution in [1.82, 2.24) is 9.55 Å². The number of benzene rings is 1. The van der Waals surface area contributed by atoms with Crippen molar-refractivity contribution in [3.05, 3.63) is 52.0 Å². The maximum atomic E-state index is 6.13. The highest BCUT2D eigenvalue weighted by atomic mass is 79.9. The van der Waals surface area contributed by atoms with Crippen molar-refractivity contribution in [2.24, 2.45) is 0 Å². The molecule has 1 spiro atoms. The molecule has 3 heterocycles. The number of hydrogen-bond acceptors (Lipinski definition) is 2. The molecule has 0 saturated carbocycles. The summed E-state index contributed by atoms with van der Waals surface area (Å²) in [4.78, 5) is 4.23. The lowest BCUT2D eigenvalue weighted by Crippen LogP contribution is -2.23. The van der Waals surface area contributed by atoms with Crippen LogP contribution in [0.5, 0.6) is 0 Å². The molecule has 0 aliphatic carbocycles. The van der Waals surface area contributed by atoms with Crippen molar-refractivity contribution in [3.63, 3.8) is 0 Å². The summed E-state index contributed by atoms with van der Waals surface area (Å²) in [6.45, 7) is 1.69. The molecule has 2 aliphatic heterocycles. The summed E-state index contributed by atoms with van der Waals surface area (Å²) in [6, 6.07) is 6.42.